The first kappa shape index (κ1) is 21.5. The van der Waals surface area contributed by atoms with Crippen molar-refractivity contribution in [3.05, 3.63) is 102 Å². The van der Waals surface area contributed by atoms with Crippen molar-refractivity contribution in [2.24, 2.45) is 0 Å². The van der Waals surface area contributed by atoms with Gasteiger partial charge in [0.05, 0.1) is 23.1 Å². The predicted molar refractivity (Wildman–Crippen MR) is 126 cm³/mol. The molecule has 6 nitrogen and oxygen atoms in total. The van der Waals surface area contributed by atoms with Crippen molar-refractivity contribution in [3.63, 3.8) is 0 Å². The van der Waals surface area contributed by atoms with Crippen molar-refractivity contribution in [2.75, 3.05) is 4.72 Å². The van der Waals surface area contributed by atoms with Crippen molar-refractivity contribution in [3.8, 4) is 0 Å². The number of amides is 1. The van der Waals surface area contributed by atoms with Crippen LogP contribution in [0, 0.1) is 0 Å². The van der Waals surface area contributed by atoms with E-state index in [1.54, 1.807) is 48.7 Å². The third-order valence-corrected chi connectivity index (χ3v) is 6.49. The maximum Gasteiger partial charge on any atom is 0.261 e. The number of anilines is 1. The molecule has 3 aromatic carbocycles. The van der Waals surface area contributed by atoms with Crippen molar-refractivity contribution in [2.45, 2.75) is 24.3 Å². The van der Waals surface area contributed by atoms with Crippen LogP contribution in [0.25, 0.3) is 10.8 Å². The van der Waals surface area contributed by atoms with Gasteiger partial charge in [-0.05, 0) is 59.7 Å². The average Bonchev–Trinajstić information content (AvgIpc) is 2.80. The van der Waals surface area contributed by atoms with Crippen LogP contribution in [0.4, 0.5) is 5.69 Å². The fraction of sp³-hybridized carbons (Fsp3) is 0.120. The molecule has 0 radical (unpaired) electrons. The van der Waals surface area contributed by atoms with Crippen LogP contribution < -0.4 is 10.0 Å². The van der Waals surface area contributed by atoms with Gasteiger partial charge in [0.1, 0.15) is 0 Å². The quantitative estimate of drug-likeness (QED) is 0.440. The van der Waals surface area contributed by atoms with E-state index in [9.17, 15) is 13.2 Å². The molecule has 0 saturated heterocycles. The summed E-state index contributed by atoms with van der Waals surface area (Å²) < 4.78 is 28.2. The van der Waals surface area contributed by atoms with Gasteiger partial charge < -0.3 is 5.32 Å². The normalized spacial score (nSPS) is 12.3. The van der Waals surface area contributed by atoms with Gasteiger partial charge in [-0.2, -0.15) is 0 Å². The Balaban J connectivity index is 1.40. The number of nitrogens with one attached hydrogen (secondary N) is 2. The molecule has 4 rings (SSSR count). The second kappa shape index (κ2) is 9.20. The van der Waals surface area contributed by atoms with Crippen LogP contribution in [0.1, 0.15) is 24.2 Å². The zero-order chi connectivity index (χ0) is 22.6. The Morgan fingerprint density at radius 1 is 0.906 bits per heavy atom. The molecule has 0 fully saturated rings. The Bertz CT molecular complexity index is 1340. The predicted octanol–water partition coefficient (Wildman–Crippen LogP) is 4.46. The lowest BCUT2D eigenvalue weighted by atomic mass is 10.1. The van der Waals surface area contributed by atoms with Gasteiger partial charge in [0, 0.05) is 11.9 Å². The molecule has 0 aliphatic carbocycles. The van der Waals surface area contributed by atoms with Crippen molar-refractivity contribution in [1.29, 1.82) is 0 Å². The third-order valence-electron chi connectivity index (χ3n) is 5.11. The molecule has 4 aromatic rings. The molecule has 1 aromatic heterocycles. The molecule has 1 amide bonds. The van der Waals surface area contributed by atoms with Gasteiger partial charge >= 0.3 is 0 Å². The number of rotatable bonds is 7. The smallest absolute Gasteiger partial charge is 0.261 e. The molecule has 7 heteroatoms. The standard InChI is InChI=1S/C25H23N3O3S/c1-18(24-8-4-5-15-26-24)27-25(29)16-19-9-12-22(13-10-19)28-32(30,31)23-14-11-20-6-2-3-7-21(20)17-23/h2-15,17-18,28H,16H2,1H3,(H,27,29)/t18-/m0/s1. The van der Waals surface area contributed by atoms with Gasteiger partial charge in [-0.1, -0.05) is 48.5 Å². The van der Waals surface area contributed by atoms with Gasteiger partial charge in [0.25, 0.3) is 10.0 Å². The van der Waals surface area contributed by atoms with E-state index in [0.29, 0.717) is 5.69 Å². The number of hydrogen-bond donors (Lipinski definition) is 2. The molecule has 0 saturated carbocycles. The summed E-state index contributed by atoms with van der Waals surface area (Å²) in [5.74, 6) is -0.132. The molecule has 2 N–H and O–H groups in total. The monoisotopic (exact) mass is 445 g/mol. The first-order valence-corrected chi connectivity index (χ1v) is 11.7. The van der Waals surface area contributed by atoms with E-state index in [-0.39, 0.29) is 23.3 Å². The highest BCUT2D eigenvalue weighted by Crippen LogP contribution is 2.22. The Morgan fingerprint density at radius 3 is 2.34 bits per heavy atom. The van der Waals surface area contributed by atoms with E-state index in [4.69, 9.17) is 0 Å². The minimum atomic E-state index is -3.72. The first-order chi connectivity index (χ1) is 15.4. The molecular formula is C25H23N3O3S. The maximum absolute atomic E-state index is 12.8. The zero-order valence-electron chi connectivity index (χ0n) is 17.5. The minimum absolute atomic E-state index is 0.132. The summed E-state index contributed by atoms with van der Waals surface area (Å²) in [6, 6.07) is 24.8. The van der Waals surface area contributed by atoms with Crippen LogP contribution in [0.5, 0.6) is 0 Å². The summed E-state index contributed by atoms with van der Waals surface area (Å²) in [4.78, 5) is 16.8. The van der Waals surface area contributed by atoms with E-state index in [1.165, 1.54) is 0 Å². The largest absolute Gasteiger partial charge is 0.348 e. The number of sulfonamides is 1. The number of carbonyl (C=O) groups is 1. The highest BCUT2D eigenvalue weighted by molar-refractivity contribution is 7.92. The highest BCUT2D eigenvalue weighted by atomic mass is 32.2. The molecule has 1 heterocycles. The Morgan fingerprint density at radius 2 is 1.62 bits per heavy atom. The SMILES string of the molecule is C[C@H](NC(=O)Cc1ccc(NS(=O)(=O)c2ccc3ccccc3c2)cc1)c1ccccn1. The molecule has 0 bridgehead atoms. The van der Waals surface area contributed by atoms with Gasteiger partial charge in [-0.15, -0.1) is 0 Å². The number of pyridine rings is 1. The minimum Gasteiger partial charge on any atom is -0.348 e. The van der Waals surface area contributed by atoms with E-state index in [0.717, 1.165) is 22.0 Å². The molecule has 0 spiro atoms. The lowest BCUT2D eigenvalue weighted by Crippen LogP contribution is -2.28. The number of carbonyl (C=O) groups excluding carboxylic acids is 1. The average molecular weight is 446 g/mol. The number of nitrogens with zero attached hydrogens (tertiary/aromatic N) is 1. The van der Waals surface area contributed by atoms with Crippen LogP contribution >= 0.6 is 0 Å². The Hall–Kier alpha value is -3.71. The Kier molecular flexibility index (Phi) is 6.18. The van der Waals surface area contributed by atoms with Gasteiger partial charge in [0.15, 0.2) is 0 Å². The summed E-state index contributed by atoms with van der Waals surface area (Å²) in [6.45, 7) is 1.88. The lowest BCUT2D eigenvalue weighted by molar-refractivity contribution is -0.121. The molecule has 0 aliphatic heterocycles. The fourth-order valence-corrected chi connectivity index (χ4v) is 4.52. The lowest BCUT2D eigenvalue weighted by Gasteiger charge is -2.13. The maximum atomic E-state index is 12.8. The van der Waals surface area contributed by atoms with Crippen LogP contribution in [0.3, 0.4) is 0 Å². The molecule has 32 heavy (non-hydrogen) atoms. The topological polar surface area (TPSA) is 88.2 Å². The molecule has 162 valence electrons. The van der Waals surface area contributed by atoms with E-state index in [2.05, 4.69) is 15.0 Å². The van der Waals surface area contributed by atoms with Crippen molar-refractivity contribution < 1.29 is 13.2 Å². The van der Waals surface area contributed by atoms with Crippen molar-refractivity contribution >= 4 is 32.4 Å². The van der Waals surface area contributed by atoms with Crippen LogP contribution in [-0.4, -0.2) is 19.3 Å². The van der Waals surface area contributed by atoms with Gasteiger partial charge in [-0.25, -0.2) is 8.42 Å². The molecule has 0 unspecified atom stereocenters. The van der Waals surface area contributed by atoms with Crippen LogP contribution in [0.15, 0.2) is 96.0 Å². The highest BCUT2D eigenvalue weighted by Gasteiger charge is 2.15. The second-order valence-electron chi connectivity index (χ2n) is 7.53. The summed E-state index contributed by atoms with van der Waals surface area (Å²) in [6.07, 6.45) is 1.88. The zero-order valence-corrected chi connectivity index (χ0v) is 18.3. The molecule has 0 aliphatic rings. The van der Waals surface area contributed by atoms with Gasteiger partial charge in [0.2, 0.25) is 5.91 Å². The number of fused-ring (bicyclic) bond motifs is 1. The van der Waals surface area contributed by atoms with Gasteiger partial charge in [-0.3, -0.25) is 14.5 Å². The molecule has 1 atom stereocenters. The summed E-state index contributed by atoms with van der Waals surface area (Å²) in [5, 5.41) is 4.76. The number of benzene rings is 3. The Labute approximate surface area is 187 Å². The summed E-state index contributed by atoms with van der Waals surface area (Å²) >= 11 is 0. The van der Waals surface area contributed by atoms with Crippen LogP contribution in [-0.2, 0) is 21.2 Å². The second-order valence-corrected chi connectivity index (χ2v) is 9.21. The third kappa shape index (κ3) is 5.12. The molecular weight excluding hydrogens is 422 g/mol. The van der Waals surface area contributed by atoms with Crippen LogP contribution in [0.2, 0.25) is 0 Å². The number of aromatic nitrogens is 1. The first-order valence-electron chi connectivity index (χ1n) is 10.2. The fourth-order valence-electron chi connectivity index (χ4n) is 3.42. The van der Waals surface area contributed by atoms with E-state index in [1.807, 2.05) is 49.4 Å². The number of hydrogen-bond acceptors (Lipinski definition) is 4. The van der Waals surface area contributed by atoms with E-state index >= 15 is 0 Å². The summed E-state index contributed by atoms with van der Waals surface area (Å²) in [5.41, 5.74) is 2.01. The summed E-state index contributed by atoms with van der Waals surface area (Å²) in [7, 11) is -3.72. The van der Waals surface area contributed by atoms with E-state index < -0.39 is 10.0 Å². The van der Waals surface area contributed by atoms with Crippen molar-refractivity contribution in [1.82, 2.24) is 10.3 Å².